The van der Waals surface area contributed by atoms with E-state index in [-0.39, 0.29) is 17.6 Å². The van der Waals surface area contributed by atoms with Crippen LogP contribution in [0.2, 0.25) is 0 Å². The summed E-state index contributed by atoms with van der Waals surface area (Å²) in [5.74, 6) is -0.148. The minimum absolute atomic E-state index is 0.00126. The summed E-state index contributed by atoms with van der Waals surface area (Å²) in [5, 5.41) is 0. The Morgan fingerprint density at radius 2 is 1.58 bits per heavy atom. The van der Waals surface area contributed by atoms with Crippen LogP contribution < -0.4 is 4.90 Å². The number of carbonyl (C=O) groups is 2. The van der Waals surface area contributed by atoms with Crippen molar-refractivity contribution in [3.63, 3.8) is 0 Å². The lowest BCUT2D eigenvalue weighted by atomic mass is 10.0. The predicted molar refractivity (Wildman–Crippen MR) is 102 cm³/mol. The number of ketones is 1. The Balaban J connectivity index is 1.61. The van der Waals surface area contributed by atoms with E-state index in [1.807, 2.05) is 77.4 Å². The second-order valence-corrected chi connectivity index (χ2v) is 6.56. The molecule has 0 radical (unpaired) electrons. The molecule has 1 unspecified atom stereocenters. The summed E-state index contributed by atoms with van der Waals surface area (Å²) in [5.41, 5.74) is 3.13. The molecule has 4 heteroatoms. The summed E-state index contributed by atoms with van der Waals surface area (Å²) in [6, 6.07) is 22.7. The number of nitrogens with zero attached hydrogens (tertiary/aromatic N) is 2. The number of hydrogen-bond donors (Lipinski definition) is 0. The van der Waals surface area contributed by atoms with Gasteiger partial charge in [-0.25, -0.2) is 0 Å². The molecule has 1 aliphatic rings. The van der Waals surface area contributed by atoms with Crippen molar-refractivity contribution in [2.24, 2.45) is 0 Å². The highest BCUT2D eigenvalue weighted by Crippen LogP contribution is 2.33. The van der Waals surface area contributed by atoms with Crippen molar-refractivity contribution in [2.75, 3.05) is 11.9 Å². The number of fused-ring (bicyclic) bond motifs is 1. The number of carbonyl (C=O) groups excluding carboxylic acids is 2. The Labute approximate surface area is 152 Å². The second-order valence-electron chi connectivity index (χ2n) is 6.56. The quantitative estimate of drug-likeness (QED) is 0.674. The third-order valence-corrected chi connectivity index (χ3v) is 5.05. The fourth-order valence-corrected chi connectivity index (χ4v) is 3.64. The molecule has 0 saturated heterocycles. The number of rotatable bonds is 4. The summed E-state index contributed by atoms with van der Waals surface area (Å²) in [4.78, 5) is 27.5. The average Bonchev–Trinajstić information content (AvgIpc) is 3.30. The van der Waals surface area contributed by atoms with Gasteiger partial charge in [-0.2, -0.15) is 0 Å². The molecule has 1 aliphatic heterocycles. The molecule has 130 valence electrons. The van der Waals surface area contributed by atoms with Crippen LogP contribution in [0.4, 0.5) is 5.69 Å². The molecule has 4 rings (SSSR count). The summed E-state index contributed by atoms with van der Waals surface area (Å²) in [7, 11) is 1.80. The number of anilines is 1. The van der Waals surface area contributed by atoms with Gasteiger partial charge in [0, 0.05) is 30.5 Å². The molecule has 0 bridgehead atoms. The third-order valence-electron chi connectivity index (χ3n) is 5.05. The highest BCUT2D eigenvalue weighted by molar-refractivity contribution is 6.08. The van der Waals surface area contributed by atoms with Gasteiger partial charge in [-0.05, 0) is 30.7 Å². The van der Waals surface area contributed by atoms with E-state index in [1.54, 1.807) is 11.9 Å². The van der Waals surface area contributed by atoms with E-state index < -0.39 is 0 Å². The maximum atomic E-state index is 13.0. The maximum Gasteiger partial charge on any atom is 0.235 e. The van der Waals surface area contributed by atoms with E-state index in [1.165, 1.54) is 0 Å². The predicted octanol–water partition coefficient (Wildman–Crippen LogP) is 3.87. The zero-order valence-electron chi connectivity index (χ0n) is 14.6. The number of hydrogen-bond acceptors (Lipinski definition) is 2. The van der Waals surface area contributed by atoms with E-state index in [4.69, 9.17) is 0 Å². The molecular formula is C22H20N2O2. The largest absolute Gasteiger partial charge is 0.341 e. The van der Waals surface area contributed by atoms with Crippen LogP contribution in [-0.2, 0) is 11.3 Å². The lowest BCUT2D eigenvalue weighted by Crippen LogP contribution is -2.30. The summed E-state index contributed by atoms with van der Waals surface area (Å²) in [6.45, 7) is 0.690. The molecule has 0 aliphatic carbocycles. The fraction of sp³-hybridized carbons (Fsp3) is 0.182. The molecule has 2 aromatic carbocycles. The lowest BCUT2D eigenvalue weighted by molar-refractivity contribution is -0.119. The van der Waals surface area contributed by atoms with Crippen molar-refractivity contribution in [3.05, 3.63) is 89.7 Å². The first-order valence-electron chi connectivity index (χ1n) is 8.78. The van der Waals surface area contributed by atoms with Crippen LogP contribution in [0.15, 0.2) is 72.8 Å². The molecule has 1 aromatic heterocycles. The number of likely N-dealkylation sites (N-methyl/N-ethyl adjacent to an activating group) is 1. The molecule has 4 nitrogen and oxygen atoms in total. The van der Waals surface area contributed by atoms with Crippen molar-refractivity contribution in [2.45, 2.75) is 18.9 Å². The molecular weight excluding hydrogens is 324 g/mol. The summed E-state index contributed by atoms with van der Waals surface area (Å²) >= 11 is 0. The van der Waals surface area contributed by atoms with Gasteiger partial charge in [-0.1, -0.05) is 48.5 Å². The van der Waals surface area contributed by atoms with Crippen LogP contribution >= 0.6 is 0 Å². The topological polar surface area (TPSA) is 42.3 Å². The SMILES string of the molecule is CN(C(=O)C1CCn2c(C(=O)c3ccccc3)ccc21)c1ccccc1. The minimum Gasteiger partial charge on any atom is -0.341 e. The van der Waals surface area contributed by atoms with E-state index in [2.05, 4.69) is 0 Å². The Bertz CT molecular complexity index is 945. The Morgan fingerprint density at radius 3 is 2.27 bits per heavy atom. The zero-order chi connectivity index (χ0) is 18.1. The number of benzene rings is 2. The van der Waals surface area contributed by atoms with Crippen LogP contribution in [0.1, 0.15) is 34.1 Å². The smallest absolute Gasteiger partial charge is 0.235 e. The Morgan fingerprint density at radius 1 is 0.923 bits per heavy atom. The van der Waals surface area contributed by atoms with Crippen LogP contribution in [0.3, 0.4) is 0 Å². The minimum atomic E-state index is -0.211. The first kappa shape index (κ1) is 16.3. The van der Waals surface area contributed by atoms with Gasteiger partial charge in [-0.3, -0.25) is 9.59 Å². The second kappa shape index (κ2) is 6.64. The first-order valence-corrected chi connectivity index (χ1v) is 8.78. The van der Waals surface area contributed by atoms with Gasteiger partial charge in [0.05, 0.1) is 11.6 Å². The van der Waals surface area contributed by atoms with Crippen molar-refractivity contribution in [1.29, 1.82) is 0 Å². The first-order chi connectivity index (χ1) is 12.7. The Hall–Kier alpha value is -3.14. The fourth-order valence-electron chi connectivity index (χ4n) is 3.64. The van der Waals surface area contributed by atoms with Gasteiger partial charge in [0.2, 0.25) is 11.7 Å². The molecule has 1 atom stereocenters. The zero-order valence-corrected chi connectivity index (χ0v) is 14.6. The van der Waals surface area contributed by atoms with Crippen molar-refractivity contribution < 1.29 is 9.59 Å². The Kier molecular flexibility index (Phi) is 4.17. The van der Waals surface area contributed by atoms with Gasteiger partial charge in [0.1, 0.15) is 0 Å². The molecule has 0 N–H and O–H groups in total. The lowest BCUT2D eigenvalue weighted by Gasteiger charge is -2.21. The normalized spacial score (nSPS) is 15.5. The third kappa shape index (κ3) is 2.73. The van der Waals surface area contributed by atoms with Crippen molar-refractivity contribution in [3.8, 4) is 0 Å². The van der Waals surface area contributed by atoms with Crippen molar-refractivity contribution >= 4 is 17.4 Å². The highest BCUT2D eigenvalue weighted by atomic mass is 16.2. The number of aromatic nitrogens is 1. The molecule has 0 saturated carbocycles. The molecule has 0 spiro atoms. The molecule has 0 fully saturated rings. The van der Waals surface area contributed by atoms with Gasteiger partial charge >= 0.3 is 0 Å². The van der Waals surface area contributed by atoms with Crippen LogP contribution in [0.25, 0.3) is 0 Å². The maximum absolute atomic E-state index is 13.0. The van der Waals surface area contributed by atoms with Gasteiger partial charge in [-0.15, -0.1) is 0 Å². The van der Waals surface area contributed by atoms with Crippen LogP contribution in [-0.4, -0.2) is 23.3 Å². The molecule has 26 heavy (non-hydrogen) atoms. The highest BCUT2D eigenvalue weighted by Gasteiger charge is 2.33. The average molecular weight is 344 g/mol. The monoisotopic (exact) mass is 344 g/mol. The van der Waals surface area contributed by atoms with E-state index in [9.17, 15) is 9.59 Å². The molecule has 2 heterocycles. The number of amides is 1. The van der Waals surface area contributed by atoms with Crippen molar-refractivity contribution in [1.82, 2.24) is 4.57 Å². The standard InChI is InChI=1S/C22H20N2O2/c1-23(17-10-6-3-7-11-17)22(26)18-14-15-24-19(18)12-13-20(24)21(25)16-8-4-2-5-9-16/h2-13,18H,14-15H2,1H3. The van der Waals surface area contributed by atoms with Gasteiger partial charge in [0.25, 0.3) is 0 Å². The number of para-hydroxylation sites is 1. The molecule has 1 amide bonds. The molecule has 3 aromatic rings. The van der Waals surface area contributed by atoms with Crippen LogP contribution in [0.5, 0.6) is 0 Å². The summed E-state index contributed by atoms with van der Waals surface area (Å²) < 4.78 is 2.00. The van der Waals surface area contributed by atoms with E-state index in [0.29, 0.717) is 17.8 Å². The van der Waals surface area contributed by atoms with E-state index in [0.717, 1.165) is 17.8 Å². The van der Waals surface area contributed by atoms with Crippen LogP contribution in [0, 0.1) is 0 Å². The summed E-state index contributed by atoms with van der Waals surface area (Å²) in [6.07, 6.45) is 0.723. The van der Waals surface area contributed by atoms with E-state index >= 15 is 0 Å². The van der Waals surface area contributed by atoms with Gasteiger partial charge < -0.3 is 9.47 Å². The van der Waals surface area contributed by atoms with Gasteiger partial charge in [0.15, 0.2) is 0 Å².